The number of hydrogen-bond donors (Lipinski definition) is 3. The van der Waals surface area contributed by atoms with E-state index < -0.39 is 14.9 Å². The quantitative estimate of drug-likeness (QED) is 0.484. The molecule has 0 aliphatic heterocycles. The molecule has 3 N–H and O–H groups in total. The van der Waals surface area contributed by atoms with Crippen molar-refractivity contribution in [2.75, 3.05) is 18.5 Å². The maximum atomic E-state index is 12.1. The third-order valence-electron chi connectivity index (χ3n) is 3.41. The fraction of sp³-hybridized carbons (Fsp3) is 0.538. The van der Waals surface area contributed by atoms with Crippen molar-refractivity contribution in [1.29, 1.82) is 0 Å². The summed E-state index contributed by atoms with van der Waals surface area (Å²) in [6, 6.07) is 3.31. The zero-order valence-corrected chi connectivity index (χ0v) is 13.0. The van der Waals surface area contributed by atoms with Gasteiger partial charge in [0.15, 0.2) is 0 Å². The molecule has 0 saturated heterocycles. The number of hydrogen-bond acceptors (Lipinski definition) is 6. The highest BCUT2D eigenvalue weighted by atomic mass is 32.2. The molecule has 1 fully saturated rings. The molecule has 122 valence electrons. The fourth-order valence-electron chi connectivity index (χ4n) is 1.90. The molecule has 9 heteroatoms. The Morgan fingerprint density at radius 3 is 2.68 bits per heavy atom. The van der Waals surface area contributed by atoms with Crippen molar-refractivity contribution in [1.82, 2.24) is 4.72 Å². The molecule has 0 amide bonds. The van der Waals surface area contributed by atoms with E-state index in [1.54, 1.807) is 6.92 Å². The molecule has 1 aromatic carbocycles. The predicted octanol–water partition coefficient (Wildman–Crippen LogP) is 1.08. The van der Waals surface area contributed by atoms with Crippen LogP contribution in [-0.2, 0) is 10.0 Å². The van der Waals surface area contributed by atoms with Gasteiger partial charge in [-0.05, 0) is 37.8 Å². The molecule has 8 nitrogen and oxygen atoms in total. The van der Waals surface area contributed by atoms with E-state index in [0.29, 0.717) is 12.5 Å². The topological polar surface area (TPSA) is 122 Å². The molecule has 1 aliphatic carbocycles. The Bertz CT molecular complexity index is 658. The highest BCUT2D eigenvalue weighted by molar-refractivity contribution is 7.89. The van der Waals surface area contributed by atoms with Gasteiger partial charge in [-0.2, -0.15) is 0 Å². The van der Waals surface area contributed by atoms with Crippen LogP contribution in [0.4, 0.5) is 11.4 Å². The summed E-state index contributed by atoms with van der Waals surface area (Å²) in [6.45, 7) is 1.82. The van der Waals surface area contributed by atoms with Gasteiger partial charge in [-0.3, -0.25) is 10.1 Å². The summed E-state index contributed by atoms with van der Waals surface area (Å²) in [7, 11) is -3.75. The summed E-state index contributed by atoms with van der Waals surface area (Å²) in [5, 5.41) is 22.9. The monoisotopic (exact) mass is 329 g/mol. The van der Waals surface area contributed by atoms with E-state index in [9.17, 15) is 18.5 Å². The Morgan fingerprint density at radius 1 is 1.45 bits per heavy atom. The minimum Gasteiger partial charge on any atom is -0.394 e. The van der Waals surface area contributed by atoms with E-state index in [2.05, 4.69) is 10.0 Å². The minimum atomic E-state index is -3.75. The van der Waals surface area contributed by atoms with Gasteiger partial charge in [0.2, 0.25) is 10.0 Å². The number of rotatable bonds is 8. The van der Waals surface area contributed by atoms with Crippen LogP contribution in [0.2, 0.25) is 0 Å². The Morgan fingerprint density at radius 2 is 2.14 bits per heavy atom. The highest BCUT2D eigenvalue weighted by Gasteiger charge is 2.26. The lowest BCUT2D eigenvalue weighted by molar-refractivity contribution is -0.384. The lowest BCUT2D eigenvalue weighted by Crippen LogP contribution is -2.26. The third kappa shape index (κ3) is 4.15. The van der Waals surface area contributed by atoms with Gasteiger partial charge < -0.3 is 10.4 Å². The molecule has 22 heavy (non-hydrogen) atoms. The number of benzene rings is 1. The maximum Gasteiger partial charge on any atom is 0.293 e. The molecule has 0 bridgehead atoms. The van der Waals surface area contributed by atoms with Gasteiger partial charge in [-0.1, -0.05) is 0 Å². The minimum absolute atomic E-state index is 0.137. The predicted molar refractivity (Wildman–Crippen MR) is 81.2 cm³/mol. The fourth-order valence-corrected chi connectivity index (χ4v) is 3.03. The molecule has 1 aliphatic rings. The van der Waals surface area contributed by atoms with Crippen LogP contribution in [0.15, 0.2) is 23.1 Å². The van der Waals surface area contributed by atoms with Crippen molar-refractivity contribution in [2.24, 2.45) is 5.92 Å². The second-order valence-electron chi connectivity index (χ2n) is 5.46. The number of nitro groups is 1. The number of nitrogens with one attached hydrogen (secondary N) is 2. The summed E-state index contributed by atoms with van der Waals surface area (Å²) >= 11 is 0. The van der Waals surface area contributed by atoms with Gasteiger partial charge in [0.1, 0.15) is 5.69 Å². The van der Waals surface area contributed by atoms with Gasteiger partial charge in [-0.15, -0.1) is 0 Å². The van der Waals surface area contributed by atoms with Crippen molar-refractivity contribution in [3.63, 3.8) is 0 Å². The van der Waals surface area contributed by atoms with Gasteiger partial charge in [0.05, 0.1) is 16.4 Å². The van der Waals surface area contributed by atoms with Crippen molar-refractivity contribution in [3.8, 4) is 0 Å². The summed E-state index contributed by atoms with van der Waals surface area (Å²) in [4.78, 5) is 10.4. The first-order chi connectivity index (χ1) is 10.3. The lowest BCUT2D eigenvalue weighted by Gasteiger charge is -2.13. The number of nitro benzene ring substituents is 1. The summed E-state index contributed by atoms with van der Waals surface area (Å²) in [6.07, 6.45) is 2.01. The molecule has 0 aromatic heterocycles. The Labute approximate surface area is 128 Å². The molecule has 0 radical (unpaired) electrons. The SMILES string of the molecule is C[C@H](CO)Nc1ccc(S(=O)(=O)NCC2CC2)cc1[N+](=O)[O-]. The maximum absolute atomic E-state index is 12.1. The van der Waals surface area contributed by atoms with Crippen molar-refractivity contribution >= 4 is 21.4 Å². The number of aliphatic hydroxyl groups excluding tert-OH is 1. The zero-order chi connectivity index (χ0) is 16.3. The van der Waals surface area contributed by atoms with E-state index in [-0.39, 0.29) is 28.9 Å². The Kier molecular flexibility index (Phi) is 4.99. The molecule has 0 unspecified atom stereocenters. The number of nitrogens with zero attached hydrogens (tertiary/aromatic N) is 1. The number of aliphatic hydroxyl groups is 1. The Balaban J connectivity index is 2.25. The molecular weight excluding hydrogens is 310 g/mol. The second-order valence-corrected chi connectivity index (χ2v) is 7.23. The smallest absolute Gasteiger partial charge is 0.293 e. The number of sulfonamides is 1. The summed E-state index contributed by atoms with van der Waals surface area (Å²) < 4.78 is 26.7. The van der Waals surface area contributed by atoms with E-state index in [4.69, 9.17) is 5.11 Å². The number of anilines is 1. The average Bonchev–Trinajstić information content (AvgIpc) is 3.29. The highest BCUT2D eigenvalue weighted by Crippen LogP contribution is 2.30. The van der Waals surface area contributed by atoms with E-state index >= 15 is 0 Å². The van der Waals surface area contributed by atoms with Crippen LogP contribution in [-0.4, -0.2) is 37.6 Å². The normalized spacial score (nSPS) is 16.3. The molecule has 1 aromatic rings. The van der Waals surface area contributed by atoms with Gasteiger partial charge >= 0.3 is 0 Å². The van der Waals surface area contributed by atoms with E-state index in [1.807, 2.05) is 0 Å². The van der Waals surface area contributed by atoms with Crippen LogP contribution in [0.3, 0.4) is 0 Å². The van der Waals surface area contributed by atoms with Gasteiger partial charge in [0.25, 0.3) is 5.69 Å². The van der Waals surface area contributed by atoms with Crippen molar-refractivity contribution in [3.05, 3.63) is 28.3 Å². The standard InChI is InChI=1S/C13H19N3O5S/c1-9(8-17)15-12-5-4-11(6-13(12)16(18)19)22(20,21)14-7-10-2-3-10/h4-6,9-10,14-15,17H,2-3,7-8H2,1H3/t9-/m1/s1. The van der Waals surface area contributed by atoms with Crippen molar-refractivity contribution in [2.45, 2.75) is 30.7 Å². The van der Waals surface area contributed by atoms with E-state index in [0.717, 1.165) is 18.9 Å². The molecular formula is C13H19N3O5S. The van der Waals surface area contributed by atoms with E-state index in [1.165, 1.54) is 12.1 Å². The lowest BCUT2D eigenvalue weighted by atomic mass is 10.2. The van der Waals surface area contributed by atoms with Crippen LogP contribution >= 0.6 is 0 Å². The summed E-state index contributed by atoms with van der Waals surface area (Å²) in [5.41, 5.74) is -0.165. The second kappa shape index (κ2) is 6.59. The first kappa shape index (κ1) is 16.7. The first-order valence-electron chi connectivity index (χ1n) is 6.99. The van der Waals surface area contributed by atoms with Crippen LogP contribution in [0.1, 0.15) is 19.8 Å². The summed E-state index contributed by atoms with van der Waals surface area (Å²) in [5.74, 6) is 0.371. The Hall–Kier alpha value is -1.71. The van der Waals surface area contributed by atoms with Crippen LogP contribution in [0, 0.1) is 16.0 Å². The molecule has 2 rings (SSSR count). The third-order valence-corrected chi connectivity index (χ3v) is 4.83. The van der Waals surface area contributed by atoms with Gasteiger partial charge in [0, 0.05) is 18.7 Å². The van der Waals surface area contributed by atoms with Crippen LogP contribution in [0.25, 0.3) is 0 Å². The largest absolute Gasteiger partial charge is 0.394 e. The first-order valence-corrected chi connectivity index (χ1v) is 8.47. The average molecular weight is 329 g/mol. The molecule has 0 spiro atoms. The van der Waals surface area contributed by atoms with Crippen molar-refractivity contribution < 1.29 is 18.4 Å². The van der Waals surface area contributed by atoms with Crippen LogP contribution < -0.4 is 10.0 Å². The van der Waals surface area contributed by atoms with Crippen LogP contribution in [0.5, 0.6) is 0 Å². The van der Waals surface area contributed by atoms with Gasteiger partial charge in [-0.25, -0.2) is 13.1 Å². The molecule has 0 heterocycles. The zero-order valence-electron chi connectivity index (χ0n) is 12.2. The molecule has 1 saturated carbocycles. The molecule has 1 atom stereocenters.